The van der Waals surface area contributed by atoms with Crippen LogP contribution in [0.1, 0.15) is 19.4 Å². The average molecular weight is 349 g/mol. The van der Waals surface area contributed by atoms with Gasteiger partial charge >= 0.3 is 0 Å². The second-order valence-electron chi connectivity index (χ2n) is 6.08. The van der Waals surface area contributed by atoms with Crippen LogP contribution in [-0.2, 0) is 11.2 Å². The van der Waals surface area contributed by atoms with Gasteiger partial charge in [-0.25, -0.2) is 0 Å². The molecule has 1 aromatic heterocycles. The third kappa shape index (κ3) is 2.83. The molecule has 26 heavy (non-hydrogen) atoms. The maximum Gasteiger partial charge on any atom is 0.265 e. The van der Waals surface area contributed by atoms with E-state index >= 15 is 0 Å². The molecule has 1 aliphatic rings. The molecule has 0 saturated heterocycles. The lowest BCUT2D eigenvalue weighted by Gasteiger charge is -2.28. The zero-order chi connectivity index (χ0) is 18.1. The smallest absolute Gasteiger partial charge is 0.265 e. The maximum absolute atomic E-state index is 12.0. The molecule has 2 aromatic carbocycles. The molecule has 0 unspecified atom stereocenters. The summed E-state index contributed by atoms with van der Waals surface area (Å²) in [6, 6.07) is 13.6. The molecule has 0 atom stereocenters. The van der Waals surface area contributed by atoms with Crippen molar-refractivity contribution < 1.29 is 14.1 Å². The minimum atomic E-state index is -0.0537. The summed E-state index contributed by atoms with van der Waals surface area (Å²) in [7, 11) is 0. The lowest BCUT2D eigenvalue weighted by molar-refractivity contribution is -0.121. The molecule has 4 rings (SSSR count). The van der Waals surface area contributed by atoms with E-state index in [2.05, 4.69) is 29.2 Å². The fraction of sp³-hybridized carbons (Fsp3) is 0.250. The van der Waals surface area contributed by atoms with Crippen molar-refractivity contribution in [3.8, 4) is 28.6 Å². The molecular weight excluding hydrogens is 330 g/mol. The minimum Gasteiger partial charge on any atom is -0.482 e. The van der Waals surface area contributed by atoms with E-state index in [0.29, 0.717) is 24.0 Å². The van der Waals surface area contributed by atoms with Crippen LogP contribution in [0.4, 0.5) is 5.69 Å². The number of benzene rings is 2. The summed E-state index contributed by atoms with van der Waals surface area (Å²) in [6.45, 7) is 4.70. The summed E-state index contributed by atoms with van der Waals surface area (Å²) in [5.74, 6) is 1.59. The van der Waals surface area contributed by atoms with Crippen LogP contribution >= 0.6 is 0 Å². The van der Waals surface area contributed by atoms with Crippen molar-refractivity contribution in [2.45, 2.75) is 20.3 Å². The number of nitrogens with zero attached hydrogens (tertiary/aromatic N) is 3. The summed E-state index contributed by atoms with van der Waals surface area (Å²) >= 11 is 0. The highest BCUT2D eigenvalue weighted by molar-refractivity contribution is 5.98. The van der Waals surface area contributed by atoms with E-state index in [1.54, 1.807) is 4.90 Å². The van der Waals surface area contributed by atoms with Gasteiger partial charge in [-0.05, 0) is 49.2 Å². The van der Waals surface area contributed by atoms with Crippen molar-refractivity contribution in [1.29, 1.82) is 0 Å². The summed E-state index contributed by atoms with van der Waals surface area (Å²) < 4.78 is 10.9. The van der Waals surface area contributed by atoms with Gasteiger partial charge in [-0.2, -0.15) is 4.98 Å². The molecule has 0 aliphatic carbocycles. The number of ether oxygens (including phenoxy) is 1. The number of aryl methyl sites for hydroxylation is 1. The van der Waals surface area contributed by atoms with Gasteiger partial charge in [-0.15, -0.1) is 0 Å². The molecule has 0 radical (unpaired) electrons. The highest BCUT2D eigenvalue weighted by atomic mass is 16.5. The fourth-order valence-corrected chi connectivity index (χ4v) is 3.03. The van der Waals surface area contributed by atoms with Crippen LogP contribution in [0, 0.1) is 0 Å². The SMILES string of the molecule is CCc1ccc(-c2nc(-c3ccc4c(c3)N(CC)C(=O)CO4)no2)cc1. The Balaban J connectivity index is 1.67. The summed E-state index contributed by atoms with van der Waals surface area (Å²) in [5, 5.41) is 4.09. The Kier molecular flexibility index (Phi) is 4.16. The fourth-order valence-electron chi connectivity index (χ4n) is 3.03. The van der Waals surface area contributed by atoms with E-state index < -0.39 is 0 Å². The predicted octanol–water partition coefficient (Wildman–Crippen LogP) is 3.71. The van der Waals surface area contributed by atoms with Crippen molar-refractivity contribution in [2.75, 3.05) is 18.1 Å². The first kappa shape index (κ1) is 16.3. The number of amides is 1. The van der Waals surface area contributed by atoms with Crippen LogP contribution in [0.2, 0.25) is 0 Å². The van der Waals surface area contributed by atoms with Crippen molar-refractivity contribution in [2.24, 2.45) is 0 Å². The molecule has 2 heterocycles. The van der Waals surface area contributed by atoms with E-state index in [0.717, 1.165) is 23.2 Å². The number of carbonyl (C=O) groups is 1. The first-order chi connectivity index (χ1) is 12.7. The topological polar surface area (TPSA) is 68.5 Å². The van der Waals surface area contributed by atoms with Gasteiger partial charge in [-0.1, -0.05) is 24.2 Å². The number of hydrogen-bond acceptors (Lipinski definition) is 5. The molecule has 1 amide bonds. The largest absolute Gasteiger partial charge is 0.482 e. The first-order valence-electron chi connectivity index (χ1n) is 8.70. The normalized spacial score (nSPS) is 13.5. The Morgan fingerprint density at radius 1 is 1.08 bits per heavy atom. The maximum atomic E-state index is 12.0. The second-order valence-corrected chi connectivity index (χ2v) is 6.08. The number of aromatic nitrogens is 2. The first-order valence-corrected chi connectivity index (χ1v) is 8.70. The van der Waals surface area contributed by atoms with Crippen LogP contribution in [0.15, 0.2) is 47.0 Å². The Morgan fingerprint density at radius 2 is 1.85 bits per heavy atom. The van der Waals surface area contributed by atoms with E-state index in [4.69, 9.17) is 9.26 Å². The molecule has 6 heteroatoms. The second kappa shape index (κ2) is 6.63. The Morgan fingerprint density at radius 3 is 2.58 bits per heavy atom. The third-order valence-electron chi connectivity index (χ3n) is 4.51. The Bertz CT molecular complexity index is 947. The molecule has 0 spiro atoms. The molecule has 0 saturated carbocycles. The number of rotatable bonds is 4. The van der Waals surface area contributed by atoms with Gasteiger partial charge in [0.2, 0.25) is 5.82 Å². The molecule has 6 nitrogen and oxygen atoms in total. The van der Waals surface area contributed by atoms with Crippen LogP contribution in [0.3, 0.4) is 0 Å². The lowest BCUT2D eigenvalue weighted by Crippen LogP contribution is -2.38. The quantitative estimate of drug-likeness (QED) is 0.718. The van der Waals surface area contributed by atoms with Crippen molar-refractivity contribution in [1.82, 2.24) is 10.1 Å². The summed E-state index contributed by atoms with van der Waals surface area (Å²) in [4.78, 5) is 18.2. The van der Waals surface area contributed by atoms with Crippen molar-refractivity contribution in [3.05, 3.63) is 48.0 Å². The molecule has 0 fully saturated rings. The monoisotopic (exact) mass is 349 g/mol. The zero-order valence-electron chi connectivity index (χ0n) is 14.7. The number of hydrogen-bond donors (Lipinski definition) is 0. The van der Waals surface area contributed by atoms with Crippen LogP contribution in [0.25, 0.3) is 22.8 Å². The number of anilines is 1. The van der Waals surface area contributed by atoms with Gasteiger partial charge in [0, 0.05) is 17.7 Å². The number of fused-ring (bicyclic) bond motifs is 1. The molecule has 0 bridgehead atoms. The standard InChI is InChI=1S/C20H19N3O3/c1-3-13-5-7-14(8-6-13)20-21-19(22-26-20)15-9-10-17-16(11-15)23(4-2)18(24)12-25-17/h5-11H,3-4,12H2,1-2H3. The zero-order valence-corrected chi connectivity index (χ0v) is 14.7. The summed E-state index contributed by atoms with van der Waals surface area (Å²) in [6.07, 6.45) is 0.985. The van der Waals surface area contributed by atoms with Crippen molar-refractivity contribution in [3.63, 3.8) is 0 Å². The van der Waals surface area contributed by atoms with E-state index in [9.17, 15) is 4.79 Å². The van der Waals surface area contributed by atoms with Gasteiger partial charge in [0.1, 0.15) is 5.75 Å². The molecule has 0 N–H and O–H groups in total. The predicted molar refractivity (Wildman–Crippen MR) is 98.1 cm³/mol. The van der Waals surface area contributed by atoms with Gasteiger partial charge in [-0.3, -0.25) is 4.79 Å². The molecule has 3 aromatic rings. The molecule has 1 aliphatic heterocycles. The van der Waals surface area contributed by atoms with Gasteiger partial charge in [0.25, 0.3) is 11.8 Å². The van der Waals surface area contributed by atoms with Gasteiger partial charge < -0.3 is 14.2 Å². The molecule has 132 valence electrons. The number of carbonyl (C=O) groups excluding carboxylic acids is 1. The third-order valence-corrected chi connectivity index (χ3v) is 4.51. The van der Waals surface area contributed by atoms with E-state index in [-0.39, 0.29) is 12.5 Å². The van der Waals surface area contributed by atoms with Gasteiger partial charge in [0.05, 0.1) is 5.69 Å². The molecular formula is C20H19N3O3. The van der Waals surface area contributed by atoms with Crippen molar-refractivity contribution >= 4 is 11.6 Å². The van der Waals surface area contributed by atoms with E-state index in [1.165, 1.54) is 5.56 Å². The Hall–Kier alpha value is -3.15. The minimum absolute atomic E-state index is 0.0537. The van der Waals surface area contributed by atoms with Gasteiger partial charge in [0.15, 0.2) is 6.61 Å². The van der Waals surface area contributed by atoms with Crippen LogP contribution in [0.5, 0.6) is 5.75 Å². The van der Waals surface area contributed by atoms with E-state index in [1.807, 2.05) is 37.3 Å². The lowest BCUT2D eigenvalue weighted by atomic mass is 10.1. The Labute approximate surface area is 151 Å². The number of likely N-dealkylation sites (N-methyl/N-ethyl adjacent to an activating group) is 1. The highest BCUT2D eigenvalue weighted by Gasteiger charge is 2.25. The highest BCUT2D eigenvalue weighted by Crippen LogP contribution is 2.35. The summed E-state index contributed by atoms with van der Waals surface area (Å²) in [5.41, 5.74) is 3.65. The van der Waals surface area contributed by atoms with Crippen LogP contribution < -0.4 is 9.64 Å². The van der Waals surface area contributed by atoms with Crippen LogP contribution in [-0.4, -0.2) is 29.2 Å². The average Bonchev–Trinajstić information content (AvgIpc) is 3.18.